The van der Waals surface area contributed by atoms with E-state index in [0.717, 1.165) is 17.5 Å². The van der Waals surface area contributed by atoms with Crippen molar-refractivity contribution in [3.8, 4) is 11.5 Å². The van der Waals surface area contributed by atoms with Gasteiger partial charge in [0.15, 0.2) is 0 Å². The first-order valence-electron chi connectivity index (χ1n) is 9.05. The standard InChI is InChI=1S/C20H25N3O2/c1-15-6-5-9-17(14-15)20-23-22-19(25-20)11-10-18(24)21-13-12-16-7-3-2-4-8-16/h5-7,9,14H,2-4,8,10-13H2,1H3,(H,21,24). The van der Waals surface area contributed by atoms with E-state index in [4.69, 9.17) is 4.42 Å². The molecule has 1 amide bonds. The maximum Gasteiger partial charge on any atom is 0.247 e. The summed E-state index contributed by atoms with van der Waals surface area (Å²) < 4.78 is 5.66. The van der Waals surface area contributed by atoms with Gasteiger partial charge in [0.05, 0.1) is 0 Å². The highest BCUT2D eigenvalue weighted by atomic mass is 16.4. The minimum Gasteiger partial charge on any atom is -0.421 e. The Labute approximate surface area is 148 Å². The number of nitrogens with zero attached hydrogens (tertiary/aromatic N) is 2. The predicted octanol–water partition coefficient (Wildman–Crippen LogP) is 3.98. The van der Waals surface area contributed by atoms with Gasteiger partial charge in [0, 0.05) is 24.9 Å². The molecule has 1 aromatic carbocycles. The molecule has 1 N–H and O–H groups in total. The summed E-state index contributed by atoms with van der Waals surface area (Å²) in [5.41, 5.74) is 3.53. The van der Waals surface area contributed by atoms with E-state index in [0.29, 0.717) is 31.2 Å². The number of nitrogens with one attached hydrogen (secondary N) is 1. The molecule has 5 nitrogen and oxygen atoms in total. The summed E-state index contributed by atoms with van der Waals surface area (Å²) in [6, 6.07) is 7.93. The Hall–Kier alpha value is -2.43. The van der Waals surface area contributed by atoms with Gasteiger partial charge in [0.1, 0.15) is 0 Å². The molecular formula is C20H25N3O2. The Morgan fingerprint density at radius 1 is 1.24 bits per heavy atom. The molecule has 0 spiro atoms. The Morgan fingerprint density at radius 3 is 2.96 bits per heavy atom. The Balaban J connectivity index is 1.42. The molecular weight excluding hydrogens is 314 g/mol. The van der Waals surface area contributed by atoms with Crippen molar-refractivity contribution in [1.29, 1.82) is 0 Å². The molecule has 0 radical (unpaired) electrons. The van der Waals surface area contributed by atoms with Crippen molar-refractivity contribution in [2.75, 3.05) is 6.54 Å². The van der Waals surface area contributed by atoms with E-state index in [1.807, 2.05) is 31.2 Å². The van der Waals surface area contributed by atoms with Crippen LogP contribution in [0.2, 0.25) is 0 Å². The molecule has 1 aromatic heterocycles. The second-order valence-electron chi connectivity index (χ2n) is 6.58. The van der Waals surface area contributed by atoms with Crippen LogP contribution < -0.4 is 5.32 Å². The SMILES string of the molecule is Cc1cccc(-c2nnc(CCC(=O)NCCC3=CCCCC3)o2)c1. The monoisotopic (exact) mass is 339 g/mol. The minimum absolute atomic E-state index is 0.0340. The number of rotatable bonds is 7. The van der Waals surface area contributed by atoms with Crippen LogP contribution in [0.15, 0.2) is 40.3 Å². The lowest BCUT2D eigenvalue weighted by Gasteiger charge is -2.12. The van der Waals surface area contributed by atoms with Crippen LogP contribution in [0.25, 0.3) is 11.5 Å². The van der Waals surface area contributed by atoms with Gasteiger partial charge in [-0.25, -0.2) is 0 Å². The highest BCUT2D eigenvalue weighted by Gasteiger charge is 2.11. The number of amides is 1. The van der Waals surface area contributed by atoms with Gasteiger partial charge in [0.25, 0.3) is 0 Å². The Bertz CT molecular complexity index is 749. The van der Waals surface area contributed by atoms with Gasteiger partial charge < -0.3 is 9.73 Å². The number of benzene rings is 1. The maximum absolute atomic E-state index is 12.0. The molecule has 0 fully saturated rings. The third kappa shape index (κ3) is 5.28. The van der Waals surface area contributed by atoms with Crippen LogP contribution in [0.1, 0.15) is 50.0 Å². The molecule has 1 heterocycles. The maximum atomic E-state index is 12.0. The van der Waals surface area contributed by atoms with E-state index >= 15 is 0 Å². The van der Waals surface area contributed by atoms with E-state index in [1.54, 1.807) is 0 Å². The number of carbonyl (C=O) groups excluding carboxylic acids is 1. The lowest BCUT2D eigenvalue weighted by atomic mass is 9.97. The summed E-state index contributed by atoms with van der Waals surface area (Å²) in [7, 11) is 0. The fourth-order valence-electron chi connectivity index (χ4n) is 3.05. The smallest absolute Gasteiger partial charge is 0.247 e. The van der Waals surface area contributed by atoms with Gasteiger partial charge in [-0.05, 0) is 51.2 Å². The van der Waals surface area contributed by atoms with Gasteiger partial charge >= 0.3 is 0 Å². The van der Waals surface area contributed by atoms with Crippen molar-refractivity contribution in [3.05, 3.63) is 47.4 Å². The largest absolute Gasteiger partial charge is 0.421 e. The quantitative estimate of drug-likeness (QED) is 0.775. The van der Waals surface area contributed by atoms with Crippen molar-refractivity contribution in [2.24, 2.45) is 0 Å². The van der Waals surface area contributed by atoms with Gasteiger partial charge in [-0.15, -0.1) is 10.2 Å². The summed E-state index contributed by atoms with van der Waals surface area (Å²) in [4.78, 5) is 12.0. The second kappa shape index (κ2) is 8.60. The molecule has 0 aliphatic heterocycles. The van der Waals surface area contributed by atoms with Crippen molar-refractivity contribution in [2.45, 2.75) is 51.9 Å². The number of hydrogen-bond donors (Lipinski definition) is 1. The van der Waals surface area contributed by atoms with Gasteiger partial charge in [-0.2, -0.15) is 0 Å². The van der Waals surface area contributed by atoms with Crippen LogP contribution in [0.4, 0.5) is 0 Å². The number of carbonyl (C=O) groups is 1. The topological polar surface area (TPSA) is 68.0 Å². The van der Waals surface area contributed by atoms with Crippen LogP contribution in [0.3, 0.4) is 0 Å². The van der Waals surface area contributed by atoms with Crippen molar-refractivity contribution >= 4 is 5.91 Å². The Morgan fingerprint density at radius 2 is 2.16 bits per heavy atom. The molecule has 3 rings (SSSR count). The van der Waals surface area contributed by atoms with Crippen molar-refractivity contribution in [3.63, 3.8) is 0 Å². The first-order chi connectivity index (χ1) is 12.2. The fraction of sp³-hybridized carbons (Fsp3) is 0.450. The third-order valence-corrected chi connectivity index (χ3v) is 4.45. The van der Waals surface area contributed by atoms with Crippen LogP contribution in [-0.2, 0) is 11.2 Å². The van der Waals surface area contributed by atoms with Gasteiger partial charge in [-0.1, -0.05) is 29.3 Å². The lowest BCUT2D eigenvalue weighted by Crippen LogP contribution is -2.25. The van der Waals surface area contributed by atoms with E-state index in [-0.39, 0.29) is 5.91 Å². The third-order valence-electron chi connectivity index (χ3n) is 4.45. The second-order valence-corrected chi connectivity index (χ2v) is 6.58. The minimum atomic E-state index is 0.0340. The zero-order chi connectivity index (χ0) is 17.5. The summed E-state index contributed by atoms with van der Waals surface area (Å²) in [5, 5.41) is 11.1. The van der Waals surface area contributed by atoms with Crippen LogP contribution in [0.5, 0.6) is 0 Å². The van der Waals surface area contributed by atoms with Crippen LogP contribution >= 0.6 is 0 Å². The average Bonchev–Trinajstić information content (AvgIpc) is 3.10. The lowest BCUT2D eigenvalue weighted by molar-refractivity contribution is -0.121. The van der Waals surface area contributed by atoms with Crippen molar-refractivity contribution < 1.29 is 9.21 Å². The normalized spacial score (nSPS) is 14.2. The summed E-state index contributed by atoms with van der Waals surface area (Å²) in [6.45, 7) is 2.73. The highest BCUT2D eigenvalue weighted by Crippen LogP contribution is 2.20. The van der Waals surface area contributed by atoms with Crippen LogP contribution in [0, 0.1) is 6.92 Å². The van der Waals surface area contributed by atoms with Crippen molar-refractivity contribution in [1.82, 2.24) is 15.5 Å². The summed E-state index contributed by atoms with van der Waals surface area (Å²) >= 11 is 0. The number of allylic oxidation sites excluding steroid dienone is 1. The molecule has 1 aliphatic carbocycles. The molecule has 0 saturated heterocycles. The first-order valence-corrected chi connectivity index (χ1v) is 9.05. The molecule has 0 atom stereocenters. The predicted molar refractivity (Wildman–Crippen MR) is 97.0 cm³/mol. The number of aryl methyl sites for hydroxylation is 2. The highest BCUT2D eigenvalue weighted by molar-refractivity contribution is 5.76. The molecule has 1 aliphatic rings. The van der Waals surface area contributed by atoms with Gasteiger partial charge in [-0.3, -0.25) is 4.79 Å². The molecule has 0 bridgehead atoms. The molecule has 25 heavy (non-hydrogen) atoms. The summed E-state index contributed by atoms with van der Waals surface area (Å²) in [6.07, 6.45) is 9.06. The number of aromatic nitrogens is 2. The number of hydrogen-bond acceptors (Lipinski definition) is 4. The molecule has 0 unspecified atom stereocenters. The zero-order valence-electron chi connectivity index (χ0n) is 14.8. The molecule has 132 valence electrons. The molecule has 0 saturated carbocycles. The van der Waals surface area contributed by atoms with Crippen LogP contribution in [-0.4, -0.2) is 22.6 Å². The van der Waals surface area contributed by atoms with E-state index in [1.165, 1.54) is 31.3 Å². The average molecular weight is 339 g/mol. The molecule has 5 heteroatoms. The summed E-state index contributed by atoms with van der Waals surface area (Å²) in [5.74, 6) is 1.04. The first kappa shape index (κ1) is 17.4. The van der Waals surface area contributed by atoms with E-state index in [9.17, 15) is 4.79 Å². The van der Waals surface area contributed by atoms with E-state index < -0.39 is 0 Å². The van der Waals surface area contributed by atoms with Gasteiger partial charge in [0.2, 0.25) is 17.7 Å². The Kier molecular flexibility index (Phi) is 5.99. The zero-order valence-corrected chi connectivity index (χ0v) is 14.8. The molecule has 2 aromatic rings. The van der Waals surface area contributed by atoms with E-state index in [2.05, 4.69) is 21.6 Å². The fourth-order valence-corrected chi connectivity index (χ4v) is 3.05.